The summed E-state index contributed by atoms with van der Waals surface area (Å²) >= 11 is 0. The molecule has 0 saturated heterocycles. The van der Waals surface area contributed by atoms with E-state index in [-0.39, 0.29) is 0 Å². The zero-order chi connectivity index (χ0) is 17.8. The highest BCUT2D eigenvalue weighted by molar-refractivity contribution is 5.99. The molecule has 3 aromatic rings. The molecule has 0 saturated carbocycles. The fourth-order valence-electron chi connectivity index (χ4n) is 2.42. The van der Waals surface area contributed by atoms with Crippen molar-refractivity contribution < 1.29 is 4.74 Å². The van der Waals surface area contributed by atoms with E-state index in [0.29, 0.717) is 11.6 Å². The molecule has 1 aromatic carbocycles. The zero-order valence-electron chi connectivity index (χ0n) is 14.7. The van der Waals surface area contributed by atoms with Crippen molar-refractivity contribution in [1.29, 1.82) is 0 Å². The lowest BCUT2D eigenvalue weighted by Gasteiger charge is -2.06. The molecule has 0 bridgehead atoms. The average molecular weight is 336 g/mol. The normalized spacial score (nSPS) is 11.4. The molecule has 128 valence electrons. The highest BCUT2D eigenvalue weighted by Gasteiger charge is 2.06. The first kappa shape index (κ1) is 16.6. The summed E-state index contributed by atoms with van der Waals surface area (Å²) in [4.78, 5) is 8.48. The molecule has 7 heteroatoms. The van der Waals surface area contributed by atoms with Crippen molar-refractivity contribution in [3.05, 3.63) is 59.7 Å². The number of aryl methyl sites for hydroxylation is 2. The van der Waals surface area contributed by atoms with E-state index in [1.54, 1.807) is 11.8 Å². The quantitative estimate of drug-likeness (QED) is 0.572. The Morgan fingerprint density at radius 2 is 1.88 bits per heavy atom. The lowest BCUT2D eigenvalue weighted by molar-refractivity contribution is 0.415. The summed E-state index contributed by atoms with van der Waals surface area (Å²) in [5.74, 6) is 2.11. The molecule has 0 aliphatic rings. The van der Waals surface area contributed by atoms with Gasteiger partial charge >= 0.3 is 0 Å². The number of hydrazone groups is 1. The molecule has 2 aromatic heterocycles. The van der Waals surface area contributed by atoms with Gasteiger partial charge in [0.15, 0.2) is 11.6 Å². The van der Waals surface area contributed by atoms with Gasteiger partial charge in [0.1, 0.15) is 12.1 Å². The van der Waals surface area contributed by atoms with E-state index in [4.69, 9.17) is 4.74 Å². The lowest BCUT2D eigenvalue weighted by atomic mass is 10.1. The van der Waals surface area contributed by atoms with Crippen molar-refractivity contribution in [2.45, 2.75) is 20.8 Å². The standard InChI is InChI=1S/C18H20N6O/c1-12-9-13(2)24(23-12)18-10-17(19-11-20-18)22-21-14(3)15-5-7-16(25-4)8-6-15/h5-11H,1-4H3,(H,19,20,22)/b21-14+. The number of benzene rings is 1. The van der Waals surface area contributed by atoms with Crippen molar-refractivity contribution in [3.63, 3.8) is 0 Å². The fraction of sp³-hybridized carbons (Fsp3) is 0.222. The molecule has 0 aliphatic heterocycles. The highest BCUT2D eigenvalue weighted by atomic mass is 16.5. The van der Waals surface area contributed by atoms with Gasteiger partial charge in [-0.05, 0) is 56.7 Å². The Kier molecular flexibility index (Phi) is 4.74. The van der Waals surface area contributed by atoms with Crippen LogP contribution in [0.15, 0.2) is 47.8 Å². The predicted molar refractivity (Wildman–Crippen MR) is 97.5 cm³/mol. The van der Waals surface area contributed by atoms with Gasteiger partial charge in [-0.2, -0.15) is 10.2 Å². The molecule has 0 fully saturated rings. The summed E-state index contributed by atoms with van der Waals surface area (Å²) in [6, 6.07) is 11.5. The van der Waals surface area contributed by atoms with E-state index in [9.17, 15) is 0 Å². The Morgan fingerprint density at radius 1 is 1.12 bits per heavy atom. The summed E-state index contributed by atoms with van der Waals surface area (Å²) in [6.45, 7) is 5.87. The first-order chi connectivity index (χ1) is 12.1. The molecule has 0 atom stereocenters. The minimum absolute atomic E-state index is 0.602. The molecule has 3 rings (SSSR count). The third kappa shape index (κ3) is 3.82. The van der Waals surface area contributed by atoms with Crippen molar-refractivity contribution in [2.75, 3.05) is 12.5 Å². The lowest BCUT2D eigenvalue weighted by Crippen LogP contribution is -2.05. The molecule has 2 heterocycles. The van der Waals surface area contributed by atoms with Crippen LogP contribution in [0.3, 0.4) is 0 Å². The minimum Gasteiger partial charge on any atom is -0.497 e. The molecule has 0 aliphatic carbocycles. The van der Waals surface area contributed by atoms with Crippen LogP contribution in [0.4, 0.5) is 5.82 Å². The van der Waals surface area contributed by atoms with Crippen molar-refractivity contribution in [3.8, 4) is 11.6 Å². The fourth-order valence-corrected chi connectivity index (χ4v) is 2.42. The highest BCUT2D eigenvalue weighted by Crippen LogP contribution is 2.14. The summed E-state index contributed by atoms with van der Waals surface area (Å²) in [6.07, 6.45) is 1.49. The predicted octanol–water partition coefficient (Wildman–Crippen LogP) is 3.12. The number of methoxy groups -OCH3 is 1. The van der Waals surface area contributed by atoms with Gasteiger partial charge in [-0.15, -0.1) is 0 Å². The molecule has 7 nitrogen and oxygen atoms in total. The van der Waals surface area contributed by atoms with Crippen molar-refractivity contribution in [1.82, 2.24) is 19.7 Å². The Hall–Kier alpha value is -3.22. The molecule has 0 amide bonds. The maximum atomic E-state index is 5.16. The van der Waals surface area contributed by atoms with Crippen molar-refractivity contribution >= 4 is 11.5 Å². The first-order valence-electron chi connectivity index (χ1n) is 7.87. The van der Waals surface area contributed by atoms with Crippen LogP contribution in [0.2, 0.25) is 0 Å². The monoisotopic (exact) mass is 336 g/mol. The third-order valence-corrected chi connectivity index (χ3v) is 3.73. The van der Waals surface area contributed by atoms with E-state index < -0.39 is 0 Å². The Morgan fingerprint density at radius 3 is 2.52 bits per heavy atom. The van der Waals surface area contributed by atoms with E-state index in [1.807, 2.05) is 57.2 Å². The smallest absolute Gasteiger partial charge is 0.159 e. The first-order valence-corrected chi connectivity index (χ1v) is 7.87. The maximum Gasteiger partial charge on any atom is 0.159 e. The minimum atomic E-state index is 0.602. The van der Waals surface area contributed by atoms with Gasteiger partial charge in [-0.25, -0.2) is 14.6 Å². The largest absolute Gasteiger partial charge is 0.497 e. The van der Waals surface area contributed by atoms with Crippen LogP contribution in [0.5, 0.6) is 5.75 Å². The second-order valence-corrected chi connectivity index (χ2v) is 5.64. The van der Waals surface area contributed by atoms with Crippen LogP contribution < -0.4 is 10.2 Å². The number of hydrogen-bond acceptors (Lipinski definition) is 6. The van der Waals surface area contributed by atoms with Crippen LogP contribution in [0.1, 0.15) is 23.9 Å². The van der Waals surface area contributed by atoms with Gasteiger partial charge in [0.2, 0.25) is 0 Å². The number of hydrogen-bond donors (Lipinski definition) is 1. The number of rotatable bonds is 5. The van der Waals surface area contributed by atoms with E-state index in [2.05, 4.69) is 25.6 Å². The van der Waals surface area contributed by atoms with Gasteiger partial charge in [0, 0.05) is 11.8 Å². The summed E-state index contributed by atoms with van der Waals surface area (Å²) in [7, 11) is 1.65. The second-order valence-electron chi connectivity index (χ2n) is 5.64. The van der Waals surface area contributed by atoms with E-state index in [1.165, 1.54) is 6.33 Å². The molecule has 0 spiro atoms. The SMILES string of the molecule is COc1ccc(/C(C)=N/Nc2cc(-n3nc(C)cc3C)ncn2)cc1. The molecule has 0 unspecified atom stereocenters. The number of aromatic nitrogens is 4. The zero-order valence-corrected chi connectivity index (χ0v) is 14.7. The molecular weight excluding hydrogens is 316 g/mol. The summed E-state index contributed by atoms with van der Waals surface area (Å²) in [5, 5.41) is 8.82. The summed E-state index contributed by atoms with van der Waals surface area (Å²) in [5.41, 5.74) is 6.77. The van der Waals surface area contributed by atoms with Gasteiger partial charge in [-0.1, -0.05) is 0 Å². The Balaban J connectivity index is 1.78. The van der Waals surface area contributed by atoms with Crippen LogP contribution in [0.25, 0.3) is 5.82 Å². The van der Waals surface area contributed by atoms with Gasteiger partial charge in [-0.3, -0.25) is 5.43 Å². The number of anilines is 1. The van der Waals surface area contributed by atoms with Gasteiger partial charge in [0.25, 0.3) is 0 Å². The third-order valence-electron chi connectivity index (χ3n) is 3.73. The van der Waals surface area contributed by atoms with E-state index >= 15 is 0 Å². The molecule has 1 N–H and O–H groups in total. The average Bonchev–Trinajstić information content (AvgIpc) is 2.98. The summed E-state index contributed by atoms with van der Waals surface area (Å²) < 4.78 is 6.94. The van der Waals surface area contributed by atoms with Crippen molar-refractivity contribution in [2.24, 2.45) is 5.10 Å². The molecule has 25 heavy (non-hydrogen) atoms. The molecule has 0 radical (unpaired) electrons. The number of nitrogens with zero attached hydrogens (tertiary/aromatic N) is 5. The number of ether oxygens (including phenoxy) is 1. The van der Waals surface area contributed by atoms with Crippen LogP contribution >= 0.6 is 0 Å². The Bertz CT molecular complexity index is 898. The number of nitrogens with one attached hydrogen (secondary N) is 1. The van der Waals surface area contributed by atoms with Crippen LogP contribution in [-0.4, -0.2) is 32.6 Å². The van der Waals surface area contributed by atoms with Gasteiger partial charge in [0.05, 0.1) is 18.5 Å². The molecular formula is C18H20N6O. The van der Waals surface area contributed by atoms with Crippen LogP contribution in [0, 0.1) is 13.8 Å². The van der Waals surface area contributed by atoms with Crippen LogP contribution in [-0.2, 0) is 0 Å². The Labute approximate surface area is 146 Å². The second kappa shape index (κ2) is 7.12. The topological polar surface area (TPSA) is 77.2 Å². The van der Waals surface area contributed by atoms with Gasteiger partial charge < -0.3 is 4.74 Å². The van der Waals surface area contributed by atoms with E-state index in [0.717, 1.165) is 28.4 Å². The maximum absolute atomic E-state index is 5.16.